The second-order valence-corrected chi connectivity index (χ2v) is 7.36. The third kappa shape index (κ3) is 10.3. The first-order valence-corrected chi connectivity index (χ1v) is 8.04. The SMILES string of the molecule is CC(C)NC(=O)C(N)COCC(C)NC(=O)CC(O)C(C)(C)C. The molecule has 0 spiro atoms. The van der Waals surface area contributed by atoms with Crippen LogP contribution in [0, 0.1) is 5.41 Å². The van der Waals surface area contributed by atoms with Crippen LogP contribution in [0.3, 0.4) is 0 Å². The molecule has 5 N–H and O–H groups in total. The van der Waals surface area contributed by atoms with Crippen LogP contribution in [0.25, 0.3) is 0 Å². The zero-order valence-electron chi connectivity index (χ0n) is 15.2. The van der Waals surface area contributed by atoms with Gasteiger partial charge in [0.2, 0.25) is 11.8 Å². The lowest BCUT2D eigenvalue weighted by Crippen LogP contribution is -2.47. The van der Waals surface area contributed by atoms with Crippen molar-refractivity contribution in [2.45, 2.75) is 72.2 Å². The van der Waals surface area contributed by atoms with Gasteiger partial charge in [-0.25, -0.2) is 0 Å². The first-order chi connectivity index (χ1) is 10.4. The van der Waals surface area contributed by atoms with Crippen LogP contribution < -0.4 is 16.4 Å². The lowest BCUT2D eigenvalue weighted by atomic mass is 9.87. The summed E-state index contributed by atoms with van der Waals surface area (Å²) >= 11 is 0. The minimum absolute atomic E-state index is 0.0287. The van der Waals surface area contributed by atoms with Crippen molar-refractivity contribution in [3.8, 4) is 0 Å². The molecular formula is C16H33N3O4. The van der Waals surface area contributed by atoms with Crippen molar-refractivity contribution in [3.63, 3.8) is 0 Å². The Morgan fingerprint density at radius 1 is 1.13 bits per heavy atom. The van der Waals surface area contributed by atoms with Gasteiger partial charge < -0.3 is 26.2 Å². The highest BCUT2D eigenvalue weighted by molar-refractivity contribution is 5.81. The van der Waals surface area contributed by atoms with Gasteiger partial charge >= 0.3 is 0 Å². The number of nitrogens with two attached hydrogens (primary N) is 1. The maximum atomic E-state index is 11.8. The molecule has 0 aliphatic rings. The number of carbonyl (C=O) groups is 2. The van der Waals surface area contributed by atoms with E-state index in [1.807, 2.05) is 34.6 Å². The van der Waals surface area contributed by atoms with Crippen molar-refractivity contribution >= 4 is 11.8 Å². The van der Waals surface area contributed by atoms with Gasteiger partial charge in [0.25, 0.3) is 0 Å². The van der Waals surface area contributed by atoms with Crippen molar-refractivity contribution in [2.75, 3.05) is 13.2 Å². The van der Waals surface area contributed by atoms with Crippen LogP contribution in [-0.2, 0) is 14.3 Å². The smallest absolute Gasteiger partial charge is 0.239 e. The maximum absolute atomic E-state index is 11.8. The summed E-state index contributed by atoms with van der Waals surface area (Å²) in [5.41, 5.74) is 5.37. The Bertz CT molecular complexity index is 380. The number of aliphatic hydroxyl groups excluding tert-OH is 1. The molecule has 0 aromatic carbocycles. The Labute approximate surface area is 139 Å². The largest absolute Gasteiger partial charge is 0.392 e. The number of carbonyl (C=O) groups excluding carboxylic acids is 2. The van der Waals surface area contributed by atoms with E-state index in [4.69, 9.17) is 10.5 Å². The number of aliphatic hydroxyl groups is 1. The molecule has 3 unspecified atom stereocenters. The zero-order valence-corrected chi connectivity index (χ0v) is 15.2. The van der Waals surface area contributed by atoms with Gasteiger partial charge in [0.05, 0.1) is 25.7 Å². The molecule has 136 valence electrons. The molecule has 0 aromatic heterocycles. The van der Waals surface area contributed by atoms with Gasteiger partial charge in [0.1, 0.15) is 6.04 Å². The molecule has 23 heavy (non-hydrogen) atoms. The fraction of sp³-hybridized carbons (Fsp3) is 0.875. The van der Waals surface area contributed by atoms with Crippen LogP contribution in [0.15, 0.2) is 0 Å². The molecule has 0 aliphatic heterocycles. The lowest BCUT2D eigenvalue weighted by molar-refractivity contribution is -0.127. The van der Waals surface area contributed by atoms with E-state index in [-0.39, 0.29) is 48.9 Å². The molecule has 0 saturated carbocycles. The van der Waals surface area contributed by atoms with Crippen LogP contribution in [0.1, 0.15) is 48.0 Å². The molecule has 0 radical (unpaired) electrons. The summed E-state index contributed by atoms with van der Waals surface area (Å²) in [6.45, 7) is 11.5. The van der Waals surface area contributed by atoms with E-state index >= 15 is 0 Å². The van der Waals surface area contributed by atoms with Crippen LogP contribution in [-0.4, -0.2) is 54.4 Å². The van der Waals surface area contributed by atoms with Gasteiger partial charge in [-0.05, 0) is 26.2 Å². The molecule has 0 rings (SSSR count). The number of rotatable bonds is 9. The van der Waals surface area contributed by atoms with E-state index in [0.29, 0.717) is 0 Å². The van der Waals surface area contributed by atoms with Gasteiger partial charge in [-0.1, -0.05) is 20.8 Å². The number of hydrogen-bond acceptors (Lipinski definition) is 5. The first-order valence-electron chi connectivity index (χ1n) is 8.04. The highest BCUT2D eigenvalue weighted by Crippen LogP contribution is 2.21. The molecule has 0 aliphatic carbocycles. The highest BCUT2D eigenvalue weighted by Gasteiger charge is 2.25. The molecule has 0 heterocycles. The van der Waals surface area contributed by atoms with E-state index in [2.05, 4.69) is 10.6 Å². The molecule has 3 atom stereocenters. The molecule has 0 aromatic rings. The fourth-order valence-corrected chi connectivity index (χ4v) is 1.70. The van der Waals surface area contributed by atoms with E-state index in [1.54, 1.807) is 6.92 Å². The summed E-state index contributed by atoms with van der Waals surface area (Å²) in [6.07, 6.45) is -0.659. The third-order valence-corrected chi connectivity index (χ3v) is 3.22. The van der Waals surface area contributed by atoms with Crippen molar-refractivity contribution in [2.24, 2.45) is 11.1 Å². The monoisotopic (exact) mass is 331 g/mol. The second kappa shape index (κ2) is 9.85. The summed E-state index contributed by atoms with van der Waals surface area (Å²) in [5.74, 6) is -0.490. The Morgan fingerprint density at radius 3 is 2.17 bits per heavy atom. The second-order valence-electron chi connectivity index (χ2n) is 7.36. The van der Waals surface area contributed by atoms with Gasteiger partial charge in [-0.15, -0.1) is 0 Å². The Balaban J connectivity index is 4.01. The standard InChI is InChI=1S/C16H33N3O4/c1-10(2)18-15(22)12(17)9-23-8-11(3)19-14(21)7-13(20)16(4,5)6/h10-13,20H,7-9,17H2,1-6H3,(H,18,22)(H,19,21). The van der Waals surface area contributed by atoms with E-state index in [0.717, 1.165) is 0 Å². The minimum atomic E-state index is -0.733. The van der Waals surface area contributed by atoms with Crippen molar-refractivity contribution in [1.82, 2.24) is 10.6 Å². The quantitative estimate of drug-likeness (QED) is 0.480. The summed E-state index contributed by atoms with van der Waals surface area (Å²) in [5, 5.41) is 15.4. The molecular weight excluding hydrogens is 298 g/mol. The summed E-state index contributed by atoms with van der Waals surface area (Å²) in [4.78, 5) is 23.4. The number of ether oxygens (including phenoxy) is 1. The molecule has 0 fully saturated rings. The van der Waals surface area contributed by atoms with Gasteiger partial charge in [0.15, 0.2) is 0 Å². The Morgan fingerprint density at radius 2 is 1.70 bits per heavy atom. The summed E-state index contributed by atoms with van der Waals surface area (Å²) < 4.78 is 5.37. The van der Waals surface area contributed by atoms with E-state index in [9.17, 15) is 14.7 Å². The predicted octanol–water partition coefficient (Wildman–Crippen LogP) is 0.157. The molecule has 7 nitrogen and oxygen atoms in total. The number of hydrogen-bond donors (Lipinski definition) is 4. The first kappa shape index (κ1) is 21.8. The number of amides is 2. The maximum Gasteiger partial charge on any atom is 0.239 e. The zero-order chi connectivity index (χ0) is 18.2. The summed E-state index contributed by atoms with van der Waals surface area (Å²) in [7, 11) is 0. The van der Waals surface area contributed by atoms with Crippen molar-refractivity contribution in [3.05, 3.63) is 0 Å². The Kier molecular flexibility index (Phi) is 9.34. The third-order valence-electron chi connectivity index (χ3n) is 3.22. The molecule has 7 heteroatoms. The van der Waals surface area contributed by atoms with Crippen LogP contribution in [0.5, 0.6) is 0 Å². The molecule has 2 amide bonds. The van der Waals surface area contributed by atoms with Crippen molar-refractivity contribution in [1.29, 1.82) is 0 Å². The average Bonchev–Trinajstić information content (AvgIpc) is 2.36. The van der Waals surface area contributed by atoms with Gasteiger partial charge in [0, 0.05) is 12.1 Å². The highest BCUT2D eigenvalue weighted by atomic mass is 16.5. The molecule has 0 saturated heterocycles. The average molecular weight is 331 g/mol. The number of nitrogens with one attached hydrogen (secondary N) is 2. The van der Waals surface area contributed by atoms with Gasteiger partial charge in [-0.2, -0.15) is 0 Å². The van der Waals surface area contributed by atoms with Crippen LogP contribution >= 0.6 is 0 Å². The fourth-order valence-electron chi connectivity index (χ4n) is 1.70. The van der Waals surface area contributed by atoms with E-state index < -0.39 is 12.1 Å². The Hall–Kier alpha value is -1.18. The van der Waals surface area contributed by atoms with Crippen LogP contribution in [0.2, 0.25) is 0 Å². The van der Waals surface area contributed by atoms with E-state index in [1.165, 1.54) is 0 Å². The van der Waals surface area contributed by atoms with Crippen LogP contribution in [0.4, 0.5) is 0 Å². The van der Waals surface area contributed by atoms with Crippen molar-refractivity contribution < 1.29 is 19.4 Å². The minimum Gasteiger partial charge on any atom is -0.392 e. The normalized spacial score (nSPS) is 15.9. The topological polar surface area (TPSA) is 114 Å². The van der Waals surface area contributed by atoms with Gasteiger partial charge in [-0.3, -0.25) is 9.59 Å². The lowest BCUT2D eigenvalue weighted by Gasteiger charge is -2.26. The molecule has 0 bridgehead atoms. The predicted molar refractivity (Wildman–Crippen MR) is 89.8 cm³/mol. The summed E-state index contributed by atoms with van der Waals surface area (Å²) in [6, 6.07) is -0.931.